The van der Waals surface area contributed by atoms with Gasteiger partial charge in [-0.3, -0.25) is 4.79 Å². The van der Waals surface area contributed by atoms with E-state index in [1.807, 2.05) is 0 Å². The first-order valence-corrected chi connectivity index (χ1v) is 7.21. The van der Waals surface area contributed by atoms with Crippen molar-refractivity contribution in [3.8, 4) is 0 Å². The average Bonchev–Trinajstić information content (AvgIpc) is 2.38. The molecule has 0 radical (unpaired) electrons. The molecule has 0 aromatic rings. The number of carbonyl (C=O) groups excluding carboxylic acids is 1. The summed E-state index contributed by atoms with van der Waals surface area (Å²) < 4.78 is 0. The topological polar surface area (TPSA) is 46.3 Å². The van der Waals surface area contributed by atoms with Crippen LogP contribution in [0.15, 0.2) is 0 Å². The van der Waals surface area contributed by atoms with Crippen LogP contribution in [-0.2, 0) is 4.79 Å². The molecule has 1 rings (SSSR count). The molecule has 0 aromatic carbocycles. The van der Waals surface area contributed by atoms with Gasteiger partial charge < -0.3 is 10.6 Å². The average molecular weight is 240 g/mol. The smallest absolute Gasteiger partial charge is 0.225 e. The normalized spacial score (nSPS) is 20.9. The van der Waals surface area contributed by atoms with E-state index in [1.54, 1.807) is 0 Å². The van der Waals surface area contributed by atoms with Crippen molar-refractivity contribution < 1.29 is 4.79 Å². The third kappa shape index (κ3) is 4.30. The van der Waals surface area contributed by atoms with Gasteiger partial charge in [0, 0.05) is 19.0 Å². The highest BCUT2D eigenvalue weighted by Gasteiger charge is 2.27. The van der Waals surface area contributed by atoms with Crippen LogP contribution in [0.25, 0.3) is 0 Å². The van der Waals surface area contributed by atoms with Crippen LogP contribution in [0.2, 0.25) is 0 Å². The highest BCUT2D eigenvalue weighted by Crippen LogP contribution is 2.21. The molecule has 3 heteroatoms. The summed E-state index contributed by atoms with van der Waals surface area (Å²) in [5, 5.41) is 0. The third-order valence-corrected chi connectivity index (χ3v) is 3.79. The molecule has 17 heavy (non-hydrogen) atoms. The summed E-state index contributed by atoms with van der Waals surface area (Å²) in [6, 6.07) is 0. The van der Waals surface area contributed by atoms with E-state index < -0.39 is 0 Å². The molecule has 1 unspecified atom stereocenters. The highest BCUT2D eigenvalue weighted by atomic mass is 16.2. The van der Waals surface area contributed by atoms with Gasteiger partial charge in [0.15, 0.2) is 0 Å². The molecule has 2 N–H and O–H groups in total. The van der Waals surface area contributed by atoms with Crippen LogP contribution in [-0.4, -0.2) is 30.4 Å². The summed E-state index contributed by atoms with van der Waals surface area (Å²) in [5.41, 5.74) is 5.72. The summed E-state index contributed by atoms with van der Waals surface area (Å²) in [5.74, 6) is 1.16. The quantitative estimate of drug-likeness (QED) is 0.775. The van der Waals surface area contributed by atoms with Crippen molar-refractivity contribution in [3.63, 3.8) is 0 Å². The second-order valence-corrected chi connectivity index (χ2v) is 5.30. The monoisotopic (exact) mass is 240 g/mol. The van der Waals surface area contributed by atoms with Gasteiger partial charge in [-0.25, -0.2) is 0 Å². The lowest BCUT2D eigenvalue weighted by atomic mass is 9.93. The molecule has 1 saturated heterocycles. The van der Waals surface area contributed by atoms with Crippen LogP contribution in [0.1, 0.15) is 52.4 Å². The summed E-state index contributed by atoms with van der Waals surface area (Å²) in [6.45, 7) is 6.87. The highest BCUT2D eigenvalue weighted by molar-refractivity contribution is 5.78. The van der Waals surface area contributed by atoms with Crippen LogP contribution in [0.5, 0.6) is 0 Å². The molecule has 3 nitrogen and oxygen atoms in total. The van der Waals surface area contributed by atoms with E-state index in [1.165, 1.54) is 6.42 Å². The molecule has 0 saturated carbocycles. The van der Waals surface area contributed by atoms with E-state index in [-0.39, 0.29) is 5.92 Å². The van der Waals surface area contributed by atoms with Crippen LogP contribution < -0.4 is 5.73 Å². The van der Waals surface area contributed by atoms with Gasteiger partial charge in [-0.2, -0.15) is 0 Å². The van der Waals surface area contributed by atoms with Crippen molar-refractivity contribution in [2.24, 2.45) is 17.6 Å². The Kier molecular flexibility index (Phi) is 6.56. The molecular weight excluding hydrogens is 212 g/mol. The fourth-order valence-electron chi connectivity index (χ4n) is 2.80. The Bertz CT molecular complexity index is 224. The first-order valence-electron chi connectivity index (χ1n) is 7.21. The van der Waals surface area contributed by atoms with Gasteiger partial charge in [-0.05, 0) is 38.1 Å². The number of hydrogen-bond donors (Lipinski definition) is 1. The molecule has 1 heterocycles. The Morgan fingerprint density at radius 2 is 2.00 bits per heavy atom. The number of nitrogens with zero attached hydrogens (tertiary/aromatic N) is 1. The number of likely N-dealkylation sites (tertiary alicyclic amines) is 1. The Hall–Kier alpha value is -0.570. The lowest BCUT2D eigenvalue weighted by Crippen LogP contribution is -2.44. The van der Waals surface area contributed by atoms with E-state index in [2.05, 4.69) is 18.7 Å². The Balaban J connectivity index is 2.53. The molecule has 1 amide bonds. The first kappa shape index (κ1) is 14.5. The Morgan fingerprint density at radius 3 is 2.53 bits per heavy atom. The van der Waals surface area contributed by atoms with Gasteiger partial charge in [-0.15, -0.1) is 0 Å². The fraction of sp³-hybridized carbons (Fsp3) is 0.929. The van der Waals surface area contributed by atoms with Crippen molar-refractivity contribution in [1.82, 2.24) is 4.90 Å². The predicted molar refractivity (Wildman–Crippen MR) is 71.7 cm³/mol. The van der Waals surface area contributed by atoms with Gasteiger partial charge >= 0.3 is 0 Å². The molecule has 1 fully saturated rings. The third-order valence-electron chi connectivity index (χ3n) is 3.79. The minimum Gasteiger partial charge on any atom is -0.342 e. The maximum atomic E-state index is 12.4. The summed E-state index contributed by atoms with van der Waals surface area (Å²) >= 11 is 0. The Labute approximate surface area is 106 Å². The number of rotatable bonds is 6. The molecule has 1 aliphatic rings. The van der Waals surface area contributed by atoms with Crippen LogP contribution >= 0.6 is 0 Å². The van der Waals surface area contributed by atoms with Crippen molar-refractivity contribution in [1.29, 1.82) is 0 Å². The zero-order valence-corrected chi connectivity index (χ0v) is 11.5. The van der Waals surface area contributed by atoms with E-state index in [4.69, 9.17) is 5.73 Å². The van der Waals surface area contributed by atoms with Crippen molar-refractivity contribution >= 4 is 5.91 Å². The molecular formula is C14H28N2O. The SMILES string of the molecule is CCCC(CCC)C(=O)N1CCCC(CN)C1. The minimum absolute atomic E-state index is 0.251. The lowest BCUT2D eigenvalue weighted by molar-refractivity contribution is -0.137. The maximum Gasteiger partial charge on any atom is 0.225 e. The molecule has 0 aliphatic carbocycles. The van der Waals surface area contributed by atoms with E-state index >= 15 is 0 Å². The van der Waals surface area contributed by atoms with Gasteiger partial charge in [0.05, 0.1) is 0 Å². The molecule has 100 valence electrons. The first-order chi connectivity index (χ1) is 8.22. The number of nitrogens with two attached hydrogens (primary N) is 1. The lowest BCUT2D eigenvalue weighted by Gasteiger charge is -2.34. The van der Waals surface area contributed by atoms with Gasteiger partial charge in [-0.1, -0.05) is 26.7 Å². The largest absolute Gasteiger partial charge is 0.342 e. The van der Waals surface area contributed by atoms with Gasteiger partial charge in [0.25, 0.3) is 0 Å². The van der Waals surface area contributed by atoms with Crippen molar-refractivity contribution in [3.05, 3.63) is 0 Å². The van der Waals surface area contributed by atoms with Crippen LogP contribution in [0.4, 0.5) is 0 Å². The second kappa shape index (κ2) is 7.70. The number of hydrogen-bond acceptors (Lipinski definition) is 2. The van der Waals surface area contributed by atoms with Gasteiger partial charge in [0.2, 0.25) is 5.91 Å². The maximum absolute atomic E-state index is 12.4. The van der Waals surface area contributed by atoms with Crippen LogP contribution in [0.3, 0.4) is 0 Å². The van der Waals surface area contributed by atoms with Crippen molar-refractivity contribution in [2.45, 2.75) is 52.4 Å². The predicted octanol–water partition coefficient (Wildman–Crippen LogP) is 2.40. The van der Waals surface area contributed by atoms with Crippen molar-refractivity contribution in [2.75, 3.05) is 19.6 Å². The molecule has 0 spiro atoms. The summed E-state index contributed by atoms with van der Waals surface area (Å²) in [7, 11) is 0. The van der Waals surface area contributed by atoms with E-state index in [0.717, 1.165) is 51.7 Å². The molecule has 1 aliphatic heterocycles. The standard InChI is InChI=1S/C14H28N2O/c1-3-6-13(7-4-2)14(17)16-9-5-8-12(10-15)11-16/h12-13H,3-11,15H2,1-2H3. The second-order valence-electron chi connectivity index (χ2n) is 5.30. The molecule has 0 aromatic heterocycles. The van der Waals surface area contributed by atoms with Gasteiger partial charge in [0.1, 0.15) is 0 Å². The zero-order chi connectivity index (χ0) is 12.7. The summed E-state index contributed by atoms with van der Waals surface area (Å²) in [4.78, 5) is 14.5. The summed E-state index contributed by atoms with van der Waals surface area (Å²) in [6.07, 6.45) is 6.59. The molecule has 0 bridgehead atoms. The van der Waals surface area contributed by atoms with E-state index in [9.17, 15) is 4.79 Å². The number of piperidine rings is 1. The Morgan fingerprint density at radius 1 is 1.35 bits per heavy atom. The number of amides is 1. The van der Waals surface area contributed by atoms with E-state index in [0.29, 0.717) is 11.8 Å². The fourth-order valence-corrected chi connectivity index (χ4v) is 2.80. The minimum atomic E-state index is 0.251. The zero-order valence-electron chi connectivity index (χ0n) is 11.5. The molecule has 1 atom stereocenters. The van der Waals surface area contributed by atoms with Crippen LogP contribution in [0, 0.1) is 11.8 Å². The number of carbonyl (C=O) groups is 1.